The van der Waals surface area contributed by atoms with Crippen LogP contribution in [0.5, 0.6) is 0 Å². The molecule has 3 N–H and O–H groups in total. The van der Waals surface area contributed by atoms with Crippen LogP contribution in [0, 0.1) is 11.7 Å². The third-order valence-corrected chi connectivity index (χ3v) is 3.46. The van der Waals surface area contributed by atoms with Gasteiger partial charge in [0.15, 0.2) is 0 Å². The first kappa shape index (κ1) is 16.4. The van der Waals surface area contributed by atoms with Crippen LogP contribution in [0.4, 0.5) is 4.39 Å². The van der Waals surface area contributed by atoms with Crippen molar-refractivity contribution in [1.82, 2.24) is 16.0 Å². The van der Waals surface area contributed by atoms with Crippen molar-refractivity contribution < 1.29 is 14.0 Å². The summed E-state index contributed by atoms with van der Waals surface area (Å²) in [5, 5.41) is 8.60. The zero-order valence-electron chi connectivity index (χ0n) is 12.5. The molecule has 0 radical (unpaired) electrons. The van der Waals surface area contributed by atoms with E-state index in [1.807, 2.05) is 0 Å². The lowest BCUT2D eigenvalue weighted by atomic mass is 10.2. The molecule has 1 aromatic carbocycles. The van der Waals surface area contributed by atoms with Gasteiger partial charge in [0, 0.05) is 18.7 Å². The van der Waals surface area contributed by atoms with Gasteiger partial charge in [0.2, 0.25) is 5.91 Å². The fraction of sp³-hybridized carbons (Fsp3) is 0.500. The van der Waals surface area contributed by atoms with Gasteiger partial charge in [-0.1, -0.05) is 6.07 Å². The Morgan fingerprint density at radius 2 is 1.95 bits per heavy atom. The van der Waals surface area contributed by atoms with Gasteiger partial charge in [-0.25, -0.2) is 4.39 Å². The molecule has 1 aliphatic rings. The molecule has 1 saturated carbocycles. The van der Waals surface area contributed by atoms with Crippen molar-refractivity contribution in [3.8, 4) is 0 Å². The molecule has 0 aromatic heterocycles. The van der Waals surface area contributed by atoms with Crippen LogP contribution >= 0.6 is 0 Å². The maximum absolute atomic E-state index is 13.0. The van der Waals surface area contributed by atoms with Crippen molar-refractivity contribution in [2.24, 2.45) is 5.92 Å². The van der Waals surface area contributed by atoms with Crippen molar-refractivity contribution in [1.29, 1.82) is 0 Å². The molecule has 0 aliphatic heterocycles. The predicted molar refractivity (Wildman–Crippen MR) is 82.0 cm³/mol. The third-order valence-electron chi connectivity index (χ3n) is 3.46. The van der Waals surface area contributed by atoms with Crippen LogP contribution in [0.3, 0.4) is 0 Å². The van der Waals surface area contributed by atoms with E-state index in [1.165, 1.54) is 31.0 Å². The fourth-order valence-electron chi connectivity index (χ4n) is 2.02. The average Bonchev–Trinajstić information content (AvgIpc) is 3.31. The lowest BCUT2D eigenvalue weighted by Crippen LogP contribution is -2.36. The molecule has 0 atom stereocenters. The molecule has 22 heavy (non-hydrogen) atoms. The van der Waals surface area contributed by atoms with Crippen LogP contribution in [0.25, 0.3) is 0 Å². The van der Waals surface area contributed by atoms with Crippen LogP contribution in [-0.2, 0) is 4.79 Å². The van der Waals surface area contributed by atoms with Gasteiger partial charge in [-0.15, -0.1) is 0 Å². The van der Waals surface area contributed by atoms with Gasteiger partial charge in [0.25, 0.3) is 5.91 Å². The van der Waals surface area contributed by atoms with E-state index in [4.69, 9.17) is 0 Å². The number of benzene rings is 1. The minimum Gasteiger partial charge on any atom is -0.355 e. The summed E-state index contributed by atoms with van der Waals surface area (Å²) >= 11 is 0. The summed E-state index contributed by atoms with van der Waals surface area (Å²) in [7, 11) is 0. The standard InChI is InChI=1S/C16H22FN3O2/c17-14-4-1-3-13(9-14)16(22)20-8-2-7-19-15(21)11-18-10-12-5-6-12/h1,3-4,9,12,18H,2,5-8,10-11H2,(H,19,21)(H,20,22). The van der Waals surface area contributed by atoms with E-state index in [-0.39, 0.29) is 11.8 Å². The maximum atomic E-state index is 13.0. The summed E-state index contributed by atoms with van der Waals surface area (Å²) in [5.41, 5.74) is 0.299. The Balaban J connectivity index is 1.51. The molecule has 1 aromatic rings. The van der Waals surface area contributed by atoms with E-state index >= 15 is 0 Å². The SMILES string of the molecule is O=C(CNCC1CC1)NCCCNC(=O)c1cccc(F)c1. The second-order valence-electron chi connectivity index (χ2n) is 5.54. The molecule has 0 saturated heterocycles. The third kappa shape index (κ3) is 6.22. The van der Waals surface area contributed by atoms with Crippen LogP contribution in [0.1, 0.15) is 29.6 Å². The Hall–Kier alpha value is -1.95. The number of carbonyl (C=O) groups is 2. The van der Waals surface area contributed by atoms with Gasteiger partial charge in [-0.05, 0) is 49.9 Å². The zero-order chi connectivity index (χ0) is 15.8. The summed E-state index contributed by atoms with van der Waals surface area (Å²) in [6.07, 6.45) is 3.16. The van der Waals surface area contributed by atoms with E-state index < -0.39 is 5.82 Å². The second-order valence-corrected chi connectivity index (χ2v) is 5.54. The number of hydrogen-bond acceptors (Lipinski definition) is 3. The Kier molecular flexibility index (Phi) is 6.33. The van der Waals surface area contributed by atoms with E-state index in [9.17, 15) is 14.0 Å². The topological polar surface area (TPSA) is 70.2 Å². The fourth-order valence-corrected chi connectivity index (χ4v) is 2.02. The number of amides is 2. The van der Waals surface area contributed by atoms with Gasteiger partial charge in [-0.3, -0.25) is 9.59 Å². The summed E-state index contributed by atoms with van der Waals surface area (Å²) in [4.78, 5) is 23.2. The van der Waals surface area contributed by atoms with Gasteiger partial charge in [0.1, 0.15) is 5.82 Å². The van der Waals surface area contributed by atoms with E-state index in [1.54, 1.807) is 6.07 Å². The largest absolute Gasteiger partial charge is 0.355 e. The normalized spacial score (nSPS) is 13.7. The smallest absolute Gasteiger partial charge is 0.251 e. The van der Waals surface area contributed by atoms with Crippen molar-refractivity contribution in [3.63, 3.8) is 0 Å². The van der Waals surface area contributed by atoms with Crippen LogP contribution in [0.15, 0.2) is 24.3 Å². The Bertz CT molecular complexity index is 518. The van der Waals surface area contributed by atoms with E-state index in [0.29, 0.717) is 31.6 Å². The predicted octanol–water partition coefficient (Wildman–Crippen LogP) is 1.06. The highest BCUT2D eigenvalue weighted by molar-refractivity contribution is 5.94. The average molecular weight is 307 g/mol. The molecule has 0 unspecified atom stereocenters. The van der Waals surface area contributed by atoms with Gasteiger partial charge >= 0.3 is 0 Å². The minimum atomic E-state index is -0.432. The quantitative estimate of drug-likeness (QED) is 0.598. The number of nitrogens with one attached hydrogen (secondary N) is 3. The Morgan fingerprint density at radius 1 is 1.18 bits per heavy atom. The molecular weight excluding hydrogens is 285 g/mol. The van der Waals surface area contributed by atoms with Gasteiger partial charge in [-0.2, -0.15) is 0 Å². The molecule has 1 fully saturated rings. The lowest BCUT2D eigenvalue weighted by Gasteiger charge is -2.07. The lowest BCUT2D eigenvalue weighted by molar-refractivity contribution is -0.120. The molecule has 2 rings (SSSR count). The molecule has 0 bridgehead atoms. The first-order chi connectivity index (χ1) is 10.6. The number of carbonyl (C=O) groups excluding carboxylic acids is 2. The number of rotatable bonds is 9. The summed E-state index contributed by atoms with van der Waals surface area (Å²) in [5.74, 6) is -0.0153. The van der Waals surface area contributed by atoms with E-state index in [0.717, 1.165) is 12.5 Å². The molecule has 5 nitrogen and oxygen atoms in total. The first-order valence-corrected chi connectivity index (χ1v) is 7.66. The molecular formula is C16H22FN3O2. The molecule has 2 amide bonds. The first-order valence-electron chi connectivity index (χ1n) is 7.66. The summed E-state index contributed by atoms with van der Waals surface area (Å²) in [6, 6.07) is 5.55. The highest BCUT2D eigenvalue weighted by Crippen LogP contribution is 2.27. The number of hydrogen-bond donors (Lipinski definition) is 3. The molecule has 0 spiro atoms. The van der Waals surface area contributed by atoms with Crippen LogP contribution in [0.2, 0.25) is 0 Å². The summed E-state index contributed by atoms with van der Waals surface area (Å²) in [6.45, 7) is 2.20. The van der Waals surface area contributed by atoms with Crippen molar-refractivity contribution in [2.75, 3.05) is 26.2 Å². The van der Waals surface area contributed by atoms with Crippen molar-refractivity contribution in [3.05, 3.63) is 35.6 Å². The van der Waals surface area contributed by atoms with Crippen molar-refractivity contribution >= 4 is 11.8 Å². The highest BCUT2D eigenvalue weighted by atomic mass is 19.1. The summed E-state index contributed by atoms with van der Waals surface area (Å²) < 4.78 is 13.0. The molecule has 0 heterocycles. The zero-order valence-corrected chi connectivity index (χ0v) is 12.5. The molecule has 120 valence electrons. The maximum Gasteiger partial charge on any atom is 0.251 e. The number of halogens is 1. The Labute approximate surface area is 129 Å². The van der Waals surface area contributed by atoms with Crippen LogP contribution in [-0.4, -0.2) is 38.0 Å². The van der Waals surface area contributed by atoms with E-state index in [2.05, 4.69) is 16.0 Å². The minimum absolute atomic E-state index is 0.0305. The molecule has 1 aliphatic carbocycles. The van der Waals surface area contributed by atoms with Gasteiger partial charge in [0.05, 0.1) is 6.54 Å². The molecule has 6 heteroatoms. The van der Waals surface area contributed by atoms with Crippen molar-refractivity contribution in [2.45, 2.75) is 19.3 Å². The monoisotopic (exact) mass is 307 g/mol. The second kappa shape index (κ2) is 8.48. The Morgan fingerprint density at radius 3 is 2.68 bits per heavy atom. The highest BCUT2D eigenvalue weighted by Gasteiger charge is 2.20. The van der Waals surface area contributed by atoms with Gasteiger partial charge < -0.3 is 16.0 Å². The van der Waals surface area contributed by atoms with Crippen LogP contribution < -0.4 is 16.0 Å².